The number of nitriles is 1. The van der Waals surface area contributed by atoms with E-state index in [-0.39, 0.29) is 41.8 Å². The Morgan fingerprint density at radius 1 is 1.17 bits per heavy atom. The summed E-state index contributed by atoms with van der Waals surface area (Å²) in [6.45, 7) is 2.91. The number of nitrogens with one attached hydrogen (secondary N) is 1. The highest BCUT2D eigenvalue weighted by Gasteiger charge is 2.30. The highest BCUT2D eigenvalue weighted by atomic mass is 32.2. The van der Waals surface area contributed by atoms with Crippen LogP contribution in [-0.2, 0) is 14.8 Å². The number of piperazine rings is 1. The molecule has 1 N–H and O–H groups in total. The minimum absolute atomic E-state index is 0.00455. The normalized spacial score (nSPS) is 15.6. The molecule has 3 rings (SSSR count). The van der Waals surface area contributed by atoms with Crippen LogP contribution in [0.3, 0.4) is 0 Å². The second-order valence-electron chi connectivity index (χ2n) is 6.80. The monoisotopic (exact) mass is 416 g/mol. The van der Waals surface area contributed by atoms with Crippen molar-refractivity contribution in [3.63, 3.8) is 0 Å². The van der Waals surface area contributed by atoms with Gasteiger partial charge in [0.25, 0.3) is 0 Å². The van der Waals surface area contributed by atoms with Gasteiger partial charge in [0.15, 0.2) is 0 Å². The quantitative estimate of drug-likeness (QED) is 0.804. The van der Waals surface area contributed by atoms with E-state index in [1.807, 2.05) is 11.0 Å². The van der Waals surface area contributed by atoms with Crippen LogP contribution in [0.1, 0.15) is 11.1 Å². The molecule has 0 unspecified atom stereocenters. The third-order valence-corrected chi connectivity index (χ3v) is 6.74. The van der Waals surface area contributed by atoms with Crippen molar-refractivity contribution < 1.29 is 17.6 Å². The predicted octanol–water partition coefficient (Wildman–Crippen LogP) is 1.95. The number of benzene rings is 2. The summed E-state index contributed by atoms with van der Waals surface area (Å²) in [5.74, 6) is -0.682. The standard InChI is InChI=1S/C20H21FN4O3S/c1-15-6-7-17(12-18(15)21)23-20(26)14-24-8-10-25(11-9-24)29(27,28)19-5-3-2-4-16(19)13-22/h2-7,12H,8-11,14H2,1H3,(H,23,26). The lowest BCUT2D eigenvalue weighted by molar-refractivity contribution is -0.117. The van der Waals surface area contributed by atoms with E-state index in [9.17, 15) is 17.6 Å². The molecule has 0 radical (unpaired) electrons. The molecule has 0 saturated carbocycles. The molecule has 0 aliphatic carbocycles. The number of anilines is 1. The molecular weight excluding hydrogens is 395 g/mol. The van der Waals surface area contributed by atoms with Gasteiger partial charge in [-0.2, -0.15) is 9.57 Å². The van der Waals surface area contributed by atoms with Crippen LogP contribution in [0.25, 0.3) is 0 Å². The van der Waals surface area contributed by atoms with Crippen LogP contribution in [0.15, 0.2) is 47.4 Å². The number of halogens is 1. The number of nitrogens with zero attached hydrogens (tertiary/aromatic N) is 3. The van der Waals surface area contributed by atoms with Crippen LogP contribution in [-0.4, -0.2) is 56.3 Å². The van der Waals surface area contributed by atoms with Crippen molar-refractivity contribution in [1.29, 1.82) is 5.26 Å². The number of sulfonamides is 1. The summed E-state index contributed by atoms with van der Waals surface area (Å²) in [5, 5.41) is 11.8. The molecule has 0 bridgehead atoms. The van der Waals surface area contributed by atoms with E-state index in [1.165, 1.54) is 22.5 Å². The van der Waals surface area contributed by atoms with Crippen LogP contribution in [0.5, 0.6) is 0 Å². The predicted molar refractivity (Wildman–Crippen MR) is 106 cm³/mol. The summed E-state index contributed by atoms with van der Waals surface area (Å²) in [4.78, 5) is 14.0. The maximum atomic E-state index is 13.6. The third kappa shape index (κ3) is 4.79. The van der Waals surface area contributed by atoms with Gasteiger partial charge in [0.1, 0.15) is 11.9 Å². The SMILES string of the molecule is Cc1ccc(NC(=O)CN2CCN(S(=O)(=O)c3ccccc3C#N)CC2)cc1F. The number of hydrogen-bond donors (Lipinski definition) is 1. The summed E-state index contributed by atoms with van der Waals surface area (Å²) in [5.41, 5.74) is 0.991. The van der Waals surface area contributed by atoms with Crippen LogP contribution in [0, 0.1) is 24.1 Å². The summed E-state index contributed by atoms with van der Waals surface area (Å²) >= 11 is 0. The highest BCUT2D eigenvalue weighted by molar-refractivity contribution is 7.89. The van der Waals surface area contributed by atoms with Gasteiger partial charge >= 0.3 is 0 Å². The summed E-state index contributed by atoms with van der Waals surface area (Å²) in [7, 11) is -3.77. The van der Waals surface area contributed by atoms with E-state index >= 15 is 0 Å². The molecule has 0 spiro atoms. The number of carbonyl (C=O) groups is 1. The molecule has 9 heteroatoms. The second kappa shape index (κ2) is 8.69. The summed E-state index contributed by atoms with van der Waals surface area (Å²) in [6, 6.07) is 12.5. The first-order valence-corrected chi connectivity index (χ1v) is 10.5. The fourth-order valence-corrected chi connectivity index (χ4v) is 4.69. The molecule has 7 nitrogen and oxygen atoms in total. The first-order valence-electron chi connectivity index (χ1n) is 9.09. The van der Waals surface area contributed by atoms with Crippen molar-refractivity contribution in [2.75, 3.05) is 38.0 Å². The molecule has 0 aromatic heterocycles. The van der Waals surface area contributed by atoms with Gasteiger partial charge in [-0.15, -0.1) is 0 Å². The van der Waals surface area contributed by atoms with Crippen molar-refractivity contribution in [3.05, 3.63) is 59.4 Å². The zero-order valence-electron chi connectivity index (χ0n) is 15.9. The van der Waals surface area contributed by atoms with E-state index in [0.29, 0.717) is 24.3 Å². The Bertz CT molecular complexity index is 1060. The molecule has 1 fully saturated rings. The fraction of sp³-hybridized carbons (Fsp3) is 0.300. The van der Waals surface area contributed by atoms with Crippen molar-refractivity contribution in [2.45, 2.75) is 11.8 Å². The van der Waals surface area contributed by atoms with Crippen molar-refractivity contribution in [1.82, 2.24) is 9.21 Å². The van der Waals surface area contributed by atoms with Gasteiger partial charge in [-0.1, -0.05) is 18.2 Å². The highest BCUT2D eigenvalue weighted by Crippen LogP contribution is 2.21. The zero-order valence-corrected chi connectivity index (χ0v) is 16.7. The number of aryl methyl sites for hydroxylation is 1. The van der Waals surface area contributed by atoms with Crippen molar-refractivity contribution in [2.24, 2.45) is 0 Å². The van der Waals surface area contributed by atoms with Gasteiger partial charge in [0.05, 0.1) is 17.0 Å². The Balaban J connectivity index is 1.58. The van der Waals surface area contributed by atoms with Crippen LogP contribution >= 0.6 is 0 Å². The molecule has 1 aliphatic heterocycles. The minimum Gasteiger partial charge on any atom is -0.325 e. The number of rotatable bonds is 5. The van der Waals surface area contributed by atoms with Crippen LogP contribution < -0.4 is 5.32 Å². The van der Waals surface area contributed by atoms with Gasteiger partial charge in [0, 0.05) is 31.9 Å². The molecule has 29 heavy (non-hydrogen) atoms. The summed E-state index contributed by atoms with van der Waals surface area (Å²) < 4.78 is 40.6. The Hall–Kier alpha value is -2.80. The van der Waals surface area contributed by atoms with E-state index in [4.69, 9.17) is 5.26 Å². The van der Waals surface area contributed by atoms with Crippen molar-refractivity contribution >= 4 is 21.6 Å². The maximum absolute atomic E-state index is 13.6. The zero-order chi connectivity index (χ0) is 21.0. The third-order valence-electron chi connectivity index (χ3n) is 4.78. The molecule has 1 aliphatic rings. The minimum atomic E-state index is -3.77. The molecule has 1 heterocycles. The Morgan fingerprint density at radius 3 is 2.52 bits per heavy atom. The smallest absolute Gasteiger partial charge is 0.244 e. The lowest BCUT2D eigenvalue weighted by Crippen LogP contribution is -2.50. The average molecular weight is 416 g/mol. The largest absolute Gasteiger partial charge is 0.325 e. The lowest BCUT2D eigenvalue weighted by atomic mass is 10.2. The average Bonchev–Trinajstić information content (AvgIpc) is 2.71. The molecule has 1 amide bonds. The van der Waals surface area contributed by atoms with E-state index in [2.05, 4.69) is 5.32 Å². The fourth-order valence-electron chi connectivity index (χ4n) is 3.13. The van der Waals surface area contributed by atoms with E-state index in [1.54, 1.807) is 31.2 Å². The van der Waals surface area contributed by atoms with Crippen LogP contribution in [0.4, 0.5) is 10.1 Å². The number of carbonyl (C=O) groups excluding carboxylic acids is 1. The van der Waals surface area contributed by atoms with E-state index in [0.717, 1.165) is 0 Å². The van der Waals surface area contributed by atoms with Gasteiger partial charge in [-0.05, 0) is 36.8 Å². The van der Waals surface area contributed by atoms with Gasteiger partial charge in [0.2, 0.25) is 15.9 Å². The Kier molecular flexibility index (Phi) is 6.27. The molecule has 2 aromatic rings. The van der Waals surface area contributed by atoms with Gasteiger partial charge in [-0.3, -0.25) is 9.69 Å². The first kappa shape index (κ1) is 20.9. The number of hydrogen-bond acceptors (Lipinski definition) is 5. The lowest BCUT2D eigenvalue weighted by Gasteiger charge is -2.33. The molecule has 1 saturated heterocycles. The topological polar surface area (TPSA) is 93.5 Å². The Morgan fingerprint density at radius 2 is 1.86 bits per heavy atom. The maximum Gasteiger partial charge on any atom is 0.244 e. The molecule has 152 valence electrons. The van der Waals surface area contributed by atoms with Gasteiger partial charge in [-0.25, -0.2) is 12.8 Å². The number of amides is 1. The van der Waals surface area contributed by atoms with Crippen molar-refractivity contribution in [3.8, 4) is 6.07 Å². The summed E-state index contributed by atoms with van der Waals surface area (Å²) in [6.07, 6.45) is 0. The Labute approximate surface area is 169 Å². The molecule has 2 aromatic carbocycles. The molecule has 0 atom stereocenters. The van der Waals surface area contributed by atoms with Crippen LogP contribution in [0.2, 0.25) is 0 Å². The second-order valence-corrected chi connectivity index (χ2v) is 8.71. The first-order chi connectivity index (χ1) is 13.8. The van der Waals surface area contributed by atoms with Gasteiger partial charge < -0.3 is 5.32 Å². The van der Waals surface area contributed by atoms with E-state index < -0.39 is 10.0 Å². The molecular formula is C20H21FN4O3S.